The molecule has 0 saturated carbocycles. The van der Waals surface area contributed by atoms with E-state index < -0.39 is 11.7 Å². The minimum atomic E-state index is -0.574. The molecule has 3 aromatic rings. The zero-order valence-electron chi connectivity index (χ0n) is 19.6. The third kappa shape index (κ3) is 4.69. The fraction of sp³-hybridized carbons (Fsp3) is 0.385. The molecule has 180 valence electrons. The monoisotopic (exact) mass is 466 g/mol. The van der Waals surface area contributed by atoms with Gasteiger partial charge in [-0.1, -0.05) is 12.1 Å². The van der Waals surface area contributed by atoms with Gasteiger partial charge in [0.25, 0.3) is 5.91 Å². The Kier molecular flexibility index (Phi) is 7.00. The highest BCUT2D eigenvalue weighted by Gasteiger charge is 2.29. The standard InChI is InChI=1S/C26H31FN4O3/c1-31(2)11-3-10-29-26(34)16-5-6-18-22(13-16)30-24-19(25(28)33)8-7-17(23(18)24)20-12-15(14-32)4-9-21(20)27/h4,7-9,12,16,30,32H,3,5-6,10-11,13-14H2,1-2H3,(H2,28,33)(H,29,34). The summed E-state index contributed by atoms with van der Waals surface area (Å²) in [6.07, 6.45) is 2.69. The number of hydrogen-bond acceptors (Lipinski definition) is 4. The van der Waals surface area contributed by atoms with Gasteiger partial charge in [-0.05, 0) is 81.2 Å². The number of benzene rings is 2. The summed E-state index contributed by atoms with van der Waals surface area (Å²) in [7, 11) is 4.00. The Labute approximate surface area is 198 Å². The molecular formula is C26H31FN4O3. The molecule has 1 aliphatic rings. The van der Waals surface area contributed by atoms with Crippen molar-refractivity contribution in [3.05, 3.63) is 58.5 Å². The molecule has 1 aromatic heterocycles. The summed E-state index contributed by atoms with van der Waals surface area (Å²) in [5, 5.41) is 13.3. The second-order valence-corrected chi connectivity index (χ2v) is 9.22. The molecule has 2 amide bonds. The van der Waals surface area contributed by atoms with Gasteiger partial charge in [0.2, 0.25) is 5.91 Å². The van der Waals surface area contributed by atoms with E-state index in [0.717, 1.165) is 29.6 Å². The number of hydrogen-bond donors (Lipinski definition) is 4. The number of aliphatic hydroxyl groups excluding tert-OH is 1. The van der Waals surface area contributed by atoms with Crippen molar-refractivity contribution in [1.82, 2.24) is 15.2 Å². The van der Waals surface area contributed by atoms with Gasteiger partial charge < -0.3 is 26.0 Å². The number of amides is 2. The SMILES string of the molecule is CN(C)CCCNC(=O)C1CCc2c([nH]c3c(C(N)=O)ccc(-c4cc(CO)ccc4F)c23)C1. The molecule has 1 aliphatic carbocycles. The zero-order valence-corrected chi connectivity index (χ0v) is 19.6. The Morgan fingerprint density at radius 1 is 1.24 bits per heavy atom. The van der Waals surface area contributed by atoms with Crippen LogP contribution in [0.25, 0.3) is 22.0 Å². The van der Waals surface area contributed by atoms with E-state index in [0.29, 0.717) is 53.6 Å². The summed E-state index contributed by atoms with van der Waals surface area (Å²) in [5.41, 5.74) is 9.98. The normalized spacial score (nSPS) is 15.5. The van der Waals surface area contributed by atoms with Gasteiger partial charge in [0.05, 0.1) is 17.7 Å². The molecule has 0 saturated heterocycles. The van der Waals surface area contributed by atoms with E-state index in [2.05, 4.69) is 15.2 Å². The van der Waals surface area contributed by atoms with Crippen molar-refractivity contribution in [2.75, 3.05) is 27.2 Å². The molecule has 0 radical (unpaired) electrons. The highest BCUT2D eigenvalue weighted by Crippen LogP contribution is 2.40. The molecule has 0 aliphatic heterocycles. The minimum Gasteiger partial charge on any atom is -0.392 e. The van der Waals surface area contributed by atoms with Gasteiger partial charge in [-0.15, -0.1) is 0 Å². The average molecular weight is 467 g/mol. The van der Waals surface area contributed by atoms with E-state index in [-0.39, 0.29) is 18.4 Å². The lowest BCUT2D eigenvalue weighted by Crippen LogP contribution is -2.35. The lowest BCUT2D eigenvalue weighted by molar-refractivity contribution is -0.125. The maximum atomic E-state index is 14.8. The van der Waals surface area contributed by atoms with Gasteiger partial charge in [0, 0.05) is 29.1 Å². The van der Waals surface area contributed by atoms with Crippen molar-refractivity contribution in [1.29, 1.82) is 0 Å². The predicted octanol–water partition coefficient (Wildman–Crippen LogP) is 2.74. The summed E-state index contributed by atoms with van der Waals surface area (Å²) >= 11 is 0. The number of fused-ring (bicyclic) bond motifs is 3. The Morgan fingerprint density at radius 2 is 2.03 bits per heavy atom. The van der Waals surface area contributed by atoms with Crippen molar-refractivity contribution in [3.63, 3.8) is 0 Å². The molecule has 4 rings (SSSR count). The van der Waals surface area contributed by atoms with Crippen LogP contribution in [0.3, 0.4) is 0 Å². The van der Waals surface area contributed by atoms with Gasteiger partial charge in [-0.2, -0.15) is 0 Å². The first kappa shape index (κ1) is 23.9. The summed E-state index contributed by atoms with van der Waals surface area (Å²) in [6.45, 7) is 1.33. The second kappa shape index (κ2) is 9.95. The molecule has 1 unspecified atom stereocenters. The first-order chi connectivity index (χ1) is 16.3. The fourth-order valence-electron chi connectivity index (χ4n) is 4.82. The number of halogens is 1. The molecule has 8 heteroatoms. The third-order valence-electron chi connectivity index (χ3n) is 6.56. The van der Waals surface area contributed by atoms with Gasteiger partial charge in [-0.3, -0.25) is 9.59 Å². The maximum absolute atomic E-state index is 14.8. The summed E-state index contributed by atoms with van der Waals surface area (Å²) in [4.78, 5) is 30.3. The van der Waals surface area contributed by atoms with Crippen molar-refractivity contribution in [3.8, 4) is 11.1 Å². The van der Waals surface area contributed by atoms with Crippen LogP contribution in [0, 0.1) is 11.7 Å². The Morgan fingerprint density at radius 3 is 2.74 bits per heavy atom. The number of carbonyl (C=O) groups is 2. The van der Waals surface area contributed by atoms with Crippen LogP contribution in [0.4, 0.5) is 4.39 Å². The quantitative estimate of drug-likeness (QED) is 0.383. The number of aromatic amines is 1. The number of nitrogens with one attached hydrogen (secondary N) is 2. The van der Waals surface area contributed by atoms with Crippen LogP contribution in [0.1, 0.15) is 40.0 Å². The molecule has 0 fully saturated rings. The zero-order chi connectivity index (χ0) is 24.4. The number of aromatic nitrogens is 1. The third-order valence-corrected chi connectivity index (χ3v) is 6.56. The summed E-state index contributed by atoms with van der Waals surface area (Å²) in [6, 6.07) is 7.81. The van der Waals surface area contributed by atoms with Crippen LogP contribution in [0.5, 0.6) is 0 Å². The van der Waals surface area contributed by atoms with Crippen molar-refractivity contribution in [2.45, 2.75) is 32.3 Å². The van der Waals surface area contributed by atoms with Crippen molar-refractivity contribution in [2.24, 2.45) is 11.7 Å². The number of nitrogens with two attached hydrogens (primary N) is 1. The first-order valence-corrected chi connectivity index (χ1v) is 11.6. The molecule has 0 bridgehead atoms. The molecule has 1 atom stereocenters. The van der Waals surface area contributed by atoms with Gasteiger partial charge in [0.15, 0.2) is 0 Å². The van der Waals surface area contributed by atoms with Crippen LogP contribution >= 0.6 is 0 Å². The fourth-order valence-corrected chi connectivity index (χ4v) is 4.82. The number of aryl methyl sites for hydroxylation is 1. The predicted molar refractivity (Wildman–Crippen MR) is 130 cm³/mol. The van der Waals surface area contributed by atoms with E-state index in [1.807, 2.05) is 14.1 Å². The Bertz CT molecular complexity index is 1230. The number of H-pyrrole nitrogens is 1. The summed E-state index contributed by atoms with van der Waals surface area (Å²) in [5.74, 6) is -1.13. The number of primary amides is 1. The molecule has 1 heterocycles. The smallest absolute Gasteiger partial charge is 0.250 e. The number of carbonyl (C=O) groups excluding carboxylic acids is 2. The Balaban J connectivity index is 1.70. The van der Waals surface area contributed by atoms with Crippen molar-refractivity contribution >= 4 is 22.7 Å². The number of rotatable bonds is 8. The van der Waals surface area contributed by atoms with Crippen LogP contribution in [0.15, 0.2) is 30.3 Å². The molecule has 5 N–H and O–H groups in total. The Hall–Kier alpha value is -3.23. The highest BCUT2D eigenvalue weighted by atomic mass is 19.1. The molecule has 2 aromatic carbocycles. The van der Waals surface area contributed by atoms with Crippen LogP contribution in [-0.4, -0.2) is 54.0 Å². The molecule has 7 nitrogen and oxygen atoms in total. The summed E-state index contributed by atoms with van der Waals surface area (Å²) < 4.78 is 14.8. The topological polar surface area (TPSA) is 111 Å². The number of aliphatic hydroxyl groups is 1. The van der Waals surface area contributed by atoms with Crippen LogP contribution in [0.2, 0.25) is 0 Å². The highest BCUT2D eigenvalue weighted by molar-refractivity contribution is 6.11. The largest absolute Gasteiger partial charge is 0.392 e. The minimum absolute atomic E-state index is 0.0279. The second-order valence-electron chi connectivity index (χ2n) is 9.22. The van der Waals surface area contributed by atoms with E-state index in [1.165, 1.54) is 6.07 Å². The van der Waals surface area contributed by atoms with E-state index >= 15 is 0 Å². The first-order valence-electron chi connectivity index (χ1n) is 11.6. The van der Waals surface area contributed by atoms with E-state index in [1.54, 1.807) is 24.3 Å². The van der Waals surface area contributed by atoms with Crippen LogP contribution in [-0.2, 0) is 24.2 Å². The molecule has 34 heavy (non-hydrogen) atoms. The van der Waals surface area contributed by atoms with Gasteiger partial charge in [-0.25, -0.2) is 4.39 Å². The van der Waals surface area contributed by atoms with Crippen LogP contribution < -0.4 is 11.1 Å². The van der Waals surface area contributed by atoms with E-state index in [9.17, 15) is 19.1 Å². The van der Waals surface area contributed by atoms with E-state index in [4.69, 9.17) is 5.73 Å². The van der Waals surface area contributed by atoms with Gasteiger partial charge in [0.1, 0.15) is 5.82 Å². The van der Waals surface area contributed by atoms with Gasteiger partial charge >= 0.3 is 0 Å². The lowest BCUT2D eigenvalue weighted by atomic mass is 9.84. The van der Waals surface area contributed by atoms with Crippen molar-refractivity contribution < 1.29 is 19.1 Å². The molecule has 0 spiro atoms. The number of nitrogens with zero attached hydrogens (tertiary/aromatic N) is 1. The maximum Gasteiger partial charge on any atom is 0.250 e. The lowest BCUT2D eigenvalue weighted by Gasteiger charge is -2.22. The molecular weight excluding hydrogens is 435 g/mol. The average Bonchev–Trinajstić information content (AvgIpc) is 3.20.